The number of carbonyl (C=O) groups is 1. The van der Waals surface area contributed by atoms with Crippen LogP contribution in [0.3, 0.4) is 0 Å². The zero-order valence-corrected chi connectivity index (χ0v) is 14.5. The molecule has 0 fully saturated rings. The van der Waals surface area contributed by atoms with Gasteiger partial charge in [0.25, 0.3) is 0 Å². The Labute approximate surface area is 146 Å². The van der Waals surface area contributed by atoms with E-state index in [0.717, 1.165) is 5.56 Å². The first-order valence-corrected chi connectivity index (χ1v) is 9.60. The first-order chi connectivity index (χ1) is 11.9. The van der Waals surface area contributed by atoms with Gasteiger partial charge in [-0.25, -0.2) is 12.8 Å². The summed E-state index contributed by atoms with van der Waals surface area (Å²) >= 11 is 0. The minimum Gasteiger partial charge on any atom is -0.480 e. The first kappa shape index (κ1) is 19.1. The van der Waals surface area contributed by atoms with Gasteiger partial charge in [-0.15, -0.1) is 0 Å². The van der Waals surface area contributed by atoms with E-state index < -0.39 is 21.6 Å². The molecule has 2 aromatic carbocycles. The van der Waals surface area contributed by atoms with E-state index >= 15 is 0 Å². The molecule has 0 spiro atoms. The topological polar surface area (TPSA) is 74.7 Å². The number of carboxylic acid groups (broad SMARTS) is 1. The largest absolute Gasteiger partial charge is 0.480 e. The molecule has 0 radical (unpaired) electrons. The lowest BCUT2D eigenvalue weighted by atomic mass is 10.1. The standard InChI is InChI=1S/C18H20FNO4S/c19-17-9-5-4-8-16(17)13-20(12-15-6-2-1-3-7-15)10-11-25(23,24)14-18(21)22/h1-9H,10-14H2,(H,21,22). The Morgan fingerprint density at radius 2 is 1.64 bits per heavy atom. The van der Waals surface area contributed by atoms with E-state index in [1.165, 1.54) is 6.07 Å². The molecule has 5 nitrogen and oxygen atoms in total. The molecule has 0 aliphatic carbocycles. The smallest absolute Gasteiger partial charge is 0.318 e. The Morgan fingerprint density at radius 3 is 2.28 bits per heavy atom. The van der Waals surface area contributed by atoms with Crippen molar-refractivity contribution in [1.82, 2.24) is 4.90 Å². The van der Waals surface area contributed by atoms with Gasteiger partial charge in [0.05, 0.1) is 5.75 Å². The molecular formula is C18H20FNO4S. The van der Waals surface area contributed by atoms with Crippen LogP contribution >= 0.6 is 0 Å². The Hall–Kier alpha value is -2.25. The van der Waals surface area contributed by atoms with Gasteiger partial charge in [0, 0.05) is 25.2 Å². The highest BCUT2D eigenvalue weighted by atomic mass is 32.2. The Bertz CT molecular complexity index is 809. The predicted molar refractivity (Wildman–Crippen MR) is 93.2 cm³/mol. The molecule has 0 aromatic heterocycles. The summed E-state index contributed by atoms with van der Waals surface area (Å²) in [5, 5.41) is 8.68. The number of benzene rings is 2. The first-order valence-electron chi connectivity index (χ1n) is 7.77. The second-order valence-corrected chi connectivity index (χ2v) is 7.96. The maximum absolute atomic E-state index is 13.9. The van der Waals surface area contributed by atoms with E-state index in [9.17, 15) is 17.6 Å². The number of nitrogens with zero attached hydrogens (tertiary/aromatic N) is 1. The van der Waals surface area contributed by atoms with Gasteiger partial charge >= 0.3 is 5.97 Å². The number of carboxylic acids is 1. The summed E-state index contributed by atoms with van der Waals surface area (Å²) in [6, 6.07) is 15.8. The summed E-state index contributed by atoms with van der Waals surface area (Å²) in [5.41, 5.74) is 1.43. The molecule has 25 heavy (non-hydrogen) atoms. The minimum atomic E-state index is -3.71. The highest BCUT2D eigenvalue weighted by Gasteiger charge is 2.18. The van der Waals surface area contributed by atoms with Gasteiger partial charge in [0.15, 0.2) is 9.84 Å². The highest BCUT2D eigenvalue weighted by Crippen LogP contribution is 2.13. The van der Waals surface area contributed by atoms with Crippen molar-refractivity contribution in [2.24, 2.45) is 0 Å². The summed E-state index contributed by atoms with van der Waals surface area (Å²) in [5.74, 6) is -2.91. The zero-order chi connectivity index (χ0) is 18.3. The lowest BCUT2D eigenvalue weighted by molar-refractivity contribution is -0.134. The Kier molecular flexibility index (Phi) is 6.66. The number of sulfone groups is 1. The van der Waals surface area contributed by atoms with E-state index in [2.05, 4.69) is 0 Å². The normalized spacial score (nSPS) is 11.6. The van der Waals surface area contributed by atoms with Gasteiger partial charge in [-0.1, -0.05) is 48.5 Å². The van der Waals surface area contributed by atoms with Crippen LogP contribution in [-0.4, -0.2) is 42.4 Å². The van der Waals surface area contributed by atoms with Crippen LogP contribution in [-0.2, 0) is 27.7 Å². The molecule has 0 saturated carbocycles. The minimum absolute atomic E-state index is 0.124. The van der Waals surface area contributed by atoms with Crippen molar-refractivity contribution in [3.8, 4) is 0 Å². The van der Waals surface area contributed by atoms with Crippen LogP contribution in [0.25, 0.3) is 0 Å². The Balaban J connectivity index is 2.11. The lowest BCUT2D eigenvalue weighted by Crippen LogP contribution is -2.31. The van der Waals surface area contributed by atoms with Crippen molar-refractivity contribution < 1.29 is 22.7 Å². The van der Waals surface area contributed by atoms with Crippen molar-refractivity contribution in [1.29, 1.82) is 0 Å². The fraction of sp³-hybridized carbons (Fsp3) is 0.278. The summed E-state index contributed by atoms with van der Waals surface area (Å²) in [6.07, 6.45) is 0. The van der Waals surface area contributed by atoms with Crippen LogP contribution < -0.4 is 0 Å². The van der Waals surface area contributed by atoms with Crippen LogP contribution in [0.1, 0.15) is 11.1 Å². The highest BCUT2D eigenvalue weighted by molar-refractivity contribution is 7.92. The van der Waals surface area contributed by atoms with Crippen LogP contribution in [0, 0.1) is 5.82 Å². The second-order valence-electron chi connectivity index (χ2n) is 5.77. The molecular weight excluding hydrogens is 345 g/mol. The lowest BCUT2D eigenvalue weighted by Gasteiger charge is -2.22. The van der Waals surface area contributed by atoms with Gasteiger partial charge in [-0.2, -0.15) is 0 Å². The average Bonchev–Trinajstić information content (AvgIpc) is 2.54. The summed E-state index contributed by atoms with van der Waals surface area (Å²) < 4.78 is 37.6. The molecule has 0 aliphatic rings. The number of rotatable bonds is 9. The Morgan fingerprint density at radius 1 is 1.00 bits per heavy atom. The quantitative estimate of drug-likeness (QED) is 0.738. The molecule has 0 heterocycles. The van der Waals surface area contributed by atoms with Crippen molar-refractivity contribution in [3.05, 3.63) is 71.5 Å². The van der Waals surface area contributed by atoms with Gasteiger partial charge in [0.2, 0.25) is 0 Å². The third-order valence-corrected chi connectivity index (χ3v) is 5.15. The predicted octanol–water partition coefficient (Wildman–Crippen LogP) is 2.33. The fourth-order valence-corrected chi connectivity index (χ4v) is 3.51. The van der Waals surface area contributed by atoms with Crippen molar-refractivity contribution in [2.75, 3.05) is 18.1 Å². The van der Waals surface area contributed by atoms with Gasteiger partial charge in [0.1, 0.15) is 11.6 Å². The molecule has 2 aromatic rings. The van der Waals surface area contributed by atoms with Crippen molar-refractivity contribution in [2.45, 2.75) is 13.1 Å². The molecule has 0 aliphatic heterocycles. The molecule has 2 rings (SSSR count). The molecule has 0 amide bonds. The molecule has 0 atom stereocenters. The molecule has 0 bridgehead atoms. The SMILES string of the molecule is O=C(O)CS(=O)(=O)CCN(Cc1ccccc1)Cc1ccccc1F. The maximum Gasteiger partial charge on any atom is 0.318 e. The van der Waals surface area contributed by atoms with E-state index in [-0.39, 0.29) is 24.7 Å². The van der Waals surface area contributed by atoms with E-state index in [4.69, 9.17) is 5.11 Å². The monoisotopic (exact) mass is 365 g/mol. The van der Waals surface area contributed by atoms with E-state index in [1.807, 2.05) is 30.3 Å². The maximum atomic E-state index is 13.9. The zero-order valence-electron chi connectivity index (χ0n) is 13.6. The van der Waals surface area contributed by atoms with Crippen LogP contribution in [0.4, 0.5) is 4.39 Å². The molecule has 134 valence electrons. The fourth-order valence-electron chi connectivity index (χ4n) is 2.45. The van der Waals surface area contributed by atoms with Gasteiger partial charge < -0.3 is 5.11 Å². The average molecular weight is 365 g/mol. The van der Waals surface area contributed by atoms with E-state index in [1.54, 1.807) is 23.1 Å². The number of hydrogen-bond acceptors (Lipinski definition) is 4. The molecule has 1 N–H and O–H groups in total. The number of halogens is 1. The molecule has 0 unspecified atom stereocenters. The summed E-state index contributed by atoms with van der Waals surface area (Å²) in [7, 11) is -3.71. The van der Waals surface area contributed by atoms with Crippen molar-refractivity contribution >= 4 is 15.8 Å². The molecule has 0 saturated heterocycles. The van der Waals surface area contributed by atoms with Gasteiger partial charge in [-0.05, 0) is 11.6 Å². The third-order valence-electron chi connectivity index (χ3n) is 3.66. The van der Waals surface area contributed by atoms with Gasteiger partial charge in [-0.3, -0.25) is 9.69 Å². The summed E-state index contributed by atoms with van der Waals surface area (Å²) in [6.45, 7) is 0.806. The second kappa shape index (κ2) is 8.73. The van der Waals surface area contributed by atoms with E-state index in [0.29, 0.717) is 12.1 Å². The third kappa shape index (κ3) is 6.64. The number of hydrogen-bond donors (Lipinski definition) is 1. The van der Waals surface area contributed by atoms with Crippen LogP contribution in [0.5, 0.6) is 0 Å². The van der Waals surface area contributed by atoms with Crippen molar-refractivity contribution in [3.63, 3.8) is 0 Å². The number of aliphatic carboxylic acids is 1. The summed E-state index contributed by atoms with van der Waals surface area (Å²) in [4.78, 5) is 12.4. The molecule has 7 heteroatoms. The van der Waals surface area contributed by atoms with Crippen LogP contribution in [0.2, 0.25) is 0 Å². The van der Waals surface area contributed by atoms with Crippen LogP contribution in [0.15, 0.2) is 54.6 Å².